The first kappa shape index (κ1) is 23.6. The van der Waals surface area contributed by atoms with Crippen molar-refractivity contribution in [3.05, 3.63) is 47.5 Å². The van der Waals surface area contributed by atoms with Gasteiger partial charge >= 0.3 is 0 Å². The highest BCUT2D eigenvalue weighted by Gasteiger charge is 2.35. The van der Waals surface area contributed by atoms with Crippen LogP contribution in [0.5, 0.6) is 11.5 Å². The summed E-state index contributed by atoms with van der Waals surface area (Å²) in [6.07, 6.45) is 1.86. The lowest BCUT2D eigenvalue weighted by Crippen LogP contribution is -2.45. The van der Waals surface area contributed by atoms with Crippen molar-refractivity contribution in [3.63, 3.8) is 0 Å². The normalized spacial score (nSPS) is 21.6. The number of hydrogen-bond acceptors (Lipinski definition) is 6. The Bertz CT molecular complexity index is 1280. The van der Waals surface area contributed by atoms with Gasteiger partial charge < -0.3 is 19.7 Å². The molecule has 0 spiro atoms. The molecule has 2 atom stereocenters. The lowest BCUT2D eigenvalue weighted by molar-refractivity contribution is -0.126. The maximum Gasteiger partial charge on any atom is 0.243 e. The maximum atomic E-state index is 13.4. The number of benzene rings is 2. The standard InChI is InChI=1S/C25H29N3O6S/c1-16-10-20-12-21(6-7-22(20)28(16)17(2)29)35(31,32)27-9-3-4-19(14-27)25(30)26-13-18-5-8-23-24(11-18)34-15-33-23/h5-8,11-12,16,19H,3-4,9-10,13-15H2,1-2H3,(H,26,30)/t16-,19+/m0/s1. The fourth-order valence-electron chi connectivity index (χ4n) is 5.16. The highest BCUT2D eigenvalue weighted by atomic mass is 32.2. The number of fused-ring (bicyclic) bond motifs is 2. The number of hydrogen-bond donors (Lipinski definition) is 1. The van der Waals surface area contributed by atoms with Crippen LogP contribution in [0, 0.1) is 5.92 Å². The van der Waals surface area contributed by atoms with Gasteiger partial charge in [-0.25, -0.2) is 8.42 Å². The van der Waals surface area contributed by atoms with E-state index < -0.39 is 15.9 Å². The van der Waals surface area contributed by atoms with Crippen LogP contribution < -0.4 is 19.7 Å². The molecule has 10 heteroatoms. The second-order valence-corrected chi connectivity index (χ2v) is 11.3. The lowest BCUT2D eigenvalue weighted by atomic mass is 9.98. The van der Waals surface area contributed by atoms with Gasteiger partial charge in [-0.2, -0.15) is 4.31 Å². The molecule has 2 aromatic rings. The van der Waals surface area contributed by atoms with E-state index in [1.54, 1.807) is 23.1 Å². The van der Waals surface area contributed by atoms with Gasteiger partial charge in [0.15, 0.2) is 11.5 Å². The lowest BCUT2D eigenvalue weighted by Gasteiger charge is -2.31. The van der Waals surface area contributed by atoms with E-state index in [0.29, 0.717) is 43.9 Å². The van der Waals surface area contributed by atoms with E-state index in [1.807, 2.05) is 25.1 Å². The quantitative estimate of drug-likeness (QED) is 0.678. The van der Waals surface area contributed by atoms with Crippen LogP contribution >= 0.6 is 0 Å². The first-order valence-electron chi connectivity index (χ1n) is 11.8. The van der Waals surface area contributed by atoms with Crippen LogP contribution in [-0.4, -0.2) is 50.5 Å². The number of piperidine rings is 1. The summed E-state index contributed by atoms with van der Waals surface area (Å²) < 4.78 is 39.0. The highest BCUT2D eigenvalue weighted by Crippen LogP contribution is 2.35. The van der Waals surface area contributed by atoms with Gasteiger partial charge in [0.1, 0.15) is 0 Å². The Hall–Kier alpha value is -3.11. The molecule has 9 nitrogen and oxygen atoms in total. The third-order valence-electron chi connectivity index (χ3n) is 6.90. The van der Waals surface area contributed by atoms with Crippen molar-refractivity contribution >= 4 is 27.5 Å². The van der Waals surface area contributed by atoms with Crippen molar-refractivity contribution < 1.29 is 27.5 Å². The molecule has 3 aliphatic heterocycles. The van der Waals surface area contributed by atoms with Crippen LogP contribution in [0.25, 0.3) is 0 Å². The molecule has 35 heavy (non-hydrogen) atoms. The Morgan fingerprint density at radius 2 is 1.91 bits per heavy atom. The van der Waals surface area contributed by atoms with Crippen molar-refractivity contribution in [2.75, 3.05) is 24.8 Å². The molecule has 5 rings (SSSR count). The van der Waals surface area contributed by atoms with E-state index in [1.165, 1.54) is 11.2 Å². The Morgan fingerprint density at radius 3 is 2.71 bits per heavy atom. The summed E-state index contributed by atoms with van der Waals surface area (Å²) in [7, 11) is -3.76. The molecule has 0 saturated carbocycles. The van der Waals surface area contributed by atoms with Crippen molar-refractivity contribution in [1.82, 2.24) is 9.62 Å². The van der Waals surface area contributed by atoms with E-state index >= 15 is 0 Å². The average Bonchev–Trinajstić information content (AvgIpc) is 3.44. The summed E-state index contributed by atoms with van der Waals surface area (Å²) in [4.78, 5) is 26.8. The number of nitrogens with zero attached hydrogens (tertiary/aromatic N) is 2. The number of rotatable bonds is 5. The zero-order valence-electron chi connectivity index (χ0n) is 19.8. The predicted molar refractivity (Wildman–Crippen MR) is 129 cm³/mol. The molecular weight excluding hydrogens is 470 g/mol. The van der Waals surface area contributed by atoms with E-state index in [-0.39, 0.29) is 36.1 Å². The minimum Gasteiger partial charge on any atom is -0.454 e. The number of amides is 2. The van der Waals surface area contributed by atoms with Crippen LogP contribution in [0.2, 0.25) is 0 Å². The zero-order valence-corrected chi connectivity index (χ0v) is 20.6. The van der Waals surface area contributed by atoms with Gasteiger partial charge in [-0.1, -0.05) is 6.07 Å². The second kappa shape index (κ2) is 9.16. The highest BCUT2D eigenvalue weighted by molar-refractivity contribution is 7.89. The summed E-state index contributed by atoms with van der Waals surface area (Å²) in [6.45, 7) is 4.50. The van der Waals surface area contributed by atoms with Gasteiger partial charge in [-0.05, 0) is 67.6 Å². The maximum absolute atomic E-state index is 13.4. The van der Waals surface area contributed by atoms with Gasteiger partial charge in [0.2, 0.25) is 28.6 Å². The van der Waals surface area contributed by atoms with E-state index in [4.69, 9.17) is 9.47 Å². The zero-order chi connectivity index (χ0) is 24.7. The van der Waals surface area contributed by atoms with Gasteiger partial charge in [-0.3, -0.25) is 9.59 Å². The van der Waals surface area contributed by atoms with Crippen LogP contribution in [-0.2, 0) is 32.6 Å². The monoisotopic (exact) mass is 499 g/mol. The second-order valence-electron chi connectivity index (χ2n) is 9.34. The first-order valence-corrected chi connectivity index (χ1v) is 13.3. The summed E-state index contributed by atoms with van der Waals surface area (Å²) in [5, 5.41) is 2.93. The number of anilines is 1. The summed E-state index contributed by atoms with van der Waals surface area (Å²) in [5.41, 5.74) is 2.50. The molecule has 0 aliphatic carbocycles. The molecular formula is C25H29N3O6S. The molecule has 3 heterocycles. The molecule has 186 valence electrons. The van der Waals surface area contributed by atoms with Crippen LogP contribution in [0.15, 0.2) is 41.3 Å². The van der Waals surface area contributed by atoms with Crippen molar-refractivity contribution in [2.24, 2.45) is 5.92 Å². The van der Waals surface area contributed by atoms with E-state index in [2.05, 4.69) is 5.32 Å². The largest absolute Gasteiger partial charge is 0.454 e. The molecule has 0 unspecified atom stereocenters. The molecule has 0 aromatic heterocycles. The summed E-state index contributed by atoms with van der Waals surface area (Å²) in [6, 6.07) is 10.5. The Kier molecular flexibility index (Phi) is 6.18. The molecule has 0 radical (unpaired) electrons. The molecule has 1 saturated heterocycles. The van der Waals surface area contributed by atoms with Crippen molar-refractivity contribution in [3.8, 4) is 11.5 Å². The van der Waals surface area contributed by atoms with Crippen LogP contribution in [0.1, 0.15) is 37.8 Å². The minimum atomic E-state index is -3.76. The Morgan fingerprint density at radius 1 is 1.11 bits per heavy atom. The average molecular weight is 500 g/mol. The van der Waals surface area contributed by atoms with Gasteiger partial charge in [0.25, 0.3) is 0 Å². The molecule has 3 aliphatic rings. The third kappa shape index (κ3) is 4.48. The van der Waals surface area contributed by atoms with Gasteiger partial charge in [-0.15, -0.1) is 0 Å². The van der Waals surface area contributed by atoms with Crippen molar-refractivity contribution in [2.45, 2.75) is 50.6 Å². The number of carbonyl (C=O) groups is 2. The summed E-state index contributed by atoms with van der Waals surface area (Å²) in [5.74, 6) is 0.695. The Balaban J connectivity index is 1.25. The van der Waals surface area contributed by atoms with E-state index in [0.717, 1.165) is 16.8 Å². The van der Waals surface area contributed by atoms with Crippen LogP contribution in [0.3, 0.4) is 0 Å². The minimum absolute atomic E-state index is 0.00622. The van der Waals surface area contributed by atoms with Crippen molar-refractivity contribution in [1.29, 1.82) is 0 Å². The summed E-state index contributed by atoms with van der Waals surface area (Å²) >= 11 is 0. The molecule has 2 amide bonds. The topological polar surface area (TPSA) is 105 Å². The molecule has 1 N–H and O–H groups in total. The fraction of sp³-hybridized carbons (Fsp3) is 0.440. The predicted octanol–water partition coefficient (Wildman–Crippen LogP) is 2.43. The van der Waals surface area contributed by atoms with Gasteiger partial charge in [0, 0.05) is 38.3 Å². The number of sulfonamides is 1. The first-order chi connectivity index (χ1) is 16.7. The Labute approximate surface area is 205 Å². The van der Waals surface area contributed by atoms with Gasteiger partial charge in [0.05, 0.1) is 10.8 Å². The third-order valence-corrected chi connectivity index (χ3v) is 8.76. The number of nitrogens with one attached hydrogen (secondary N) is 1. The number of carbonyl (C=O) groups excluding carboxylic acids is 2. The van der Waals surface area contributed by atoms with Crippen LogP contribution in [0.4, 0.5) is 5.69 Å². The molecule has 2 aromatic carbocycles. The molecule has 0 bridgehead atoms. The SMILES string of the molecule is CC(=O)N1c2ccc(S(=O)(=O)N3CCC[C@@H](C(=O)NCc4ccc5c(c4)OCO5)C3)cc2C[C@@H]1C. The number of ether oxygens (including phenoxy) is 2. The van der Waals surface area contributed by atoms with E-state index in [9.17, 15) is 18.0 Å². The molecule has 1 fully saturated rings. The smallest absolute Gasteiger partial charge is 0.243 e. The fourth-order valence-corrected chi connectivity index (χ4v) is 6.73.